The van der Waals surface area contributed by atoms with Crippen molar-refractivity contribution in [2.24, 2.45) is 0 Å². The molecule has 1 heterocycles. The lowest BCUT2D eigenvalue weighted by molar-refractivity contribution is -0.115. The van der Waals surface area contributed by atoms with E-state index in [4.69, 9.17) is 10.6 Å². The molecule has 1 amide bonds. The standard InChI is InChI=1S/C26H27N5O2S/c1-17-9-10-18(2)22(15-17)28-25(32)24(20-7-5-4-6-8-20)34-26-30-29-23(31(26)27)16-19-11-13-21(33-3)14-12-19/h4-15,24H,16,27H2,1-3H3,(H,28,32)/t24-/m0/s1. The zero-order valence-corrected chi connectivity index (χ0v) is 20.2. The van der Waals surface area contributed by atoms with E-state index in [9.17, 15) is 4.79 Å². The molecule has 4 aromatic rings. The molecule has 1 aromatic heterocycles. The maximum atomic E-state index is 13.4. The lowest BCUT2D eigenvalue weighted by atomic mass is 10.1. The Kier molecular flexibility index (Phi) is 7.18. The highest BCUT2D eigenvalue weighted by Gasteiger charge is 2.26. The number of benzene rings is 3. The number of nitrogens with one attached hydrogen (secondary N) is 1. The van der Waals surface area contributed by atoms with Crippen molar-refractivity contribution in [3.8, 4) is 5.75 Å². The first-order valence-corrected chi connectivity index (χ1v) is 11.7. The molecule has 0 spiro atoms. The Morgan fingerprint density at radius 3 is 2.50 bits per heavy atom. The van der Waals surface area contributed by atoms with Crippen LogP contribution in [-0.2, 0) is 11.2 Å². The number of ether oxygens (including phenoxy) is 1. The zero-order valence-electron chi connectivity index (χ0n) is 19.4. The van der Waals surface area contributed by atoms with E-state index < -0.39 is 5.25 Å². The van der Waals surface area contributed by atoms with Crippen molar-refractivity contribution in [3.63, 3.8) is 0 Å². The van der Waals surface area contributed by atoms with Crippen molar-refractivity contribution in [2.75, 3.05) is 18.3 Å². The molecule has 0 aliphatic heterocycles. The maximum Gasteiger partial charge on any atom is 0.242 e. The van der Waals surface area contributed by atoms with E-state index in [2.05, 4.69) is 15.5 Å². The van der Waals surface area contributed by atoms with Crippen molar-refractivity contribution in [2.45, 2.75) is 30.7 Å². The number of nitrogen functional groups attached to an aromatic ring is 1. The van der Waals surface area contributed by atoms with Crippen molar-refractivity contribution >= 4 is 23.4 Å². The van der Waals surface area contributed by atoms with E-state index in [0.717, 1.165) is 33.7 Å². The topological polar surface area (TPSA) is 95.1 Å². The second kappa shape index (κ2) is 10.4. The molecular weight excluding hydrogens is 446 g/mol. The van der Waals surface area contributed by atoms with Crippen LogP contribution >= 0.6 is 11.8 Å². The van der Waals surface area contributed by atoms with Crippen LogP contribution in [0.1, 0.15) is 33.3 Å². The lowest BCUT2D eigenvalue weighted by Crippen LogP contribution is -2.21. The minimum Gasteiger partial charge on any atom is -0.497 e. The third-order valence-electron chi connectivity index (χ3n) is 5.47. The van der Waals surface area contributed by atoms with Gasteiger partial charge in [0, 0.05) is 12.1 Å². The molecule has 3 aromatic carbocycles. The van der Waals surface area contributed by atoms with Crippen molar-refractivity contribution in [1.29, 1.82) is 0 Å². The fourth-order valence-corrected chi connectivity index (χ4v) is 4.49. The summed E-state index contributed by atoms with van der Waals surface area (Å²) < 4.78 is 6.67. The second-order valence-electron chi connectivity index (χ2n) is 8.01. The normalized spacial score (nSPS) is 11.7. The van der Waals surface area contributed by atoms with E-state index in [-0.39, 0.29) is 5.91 Å². The largest absolute Gasteiger partial charge is 0.497 e. The molecule has 0 aliphatic rings. The number of nitrogens with zero attached hydrogens (tertiary/aromatic N) is 3. The third-order valence-corrected chi connectivity index (χ3v) is 6.68. The maximum absolute atomic E-state index is 13.4. The zero-order chi connectivity index (χ0) is 24.1. The van der Waals surface area contributed by atoms with Gasteiger partial charge in [-0.3, -0.25) is 4.79 Å². The molecule has 4 rings (SSSR count). The van der Waals surface area contributed by atoms with Gasteiger partial charge in [-0.15, -0.1) is 10.2 Å². The summed E-state index contributed by atoms with van der Waals surface area (Å²) in [5, 5.41) is 11.5. The van der Waals surface area contributed by atoms with Gasteiger partial charge >= 0.3 is 0 Å². The van der Waals surface area contributed by atoms with Gasteiger partial charge in [0.05, 0.1) is 7.11 Å². The predicted molar refractivity (Wildman–Crippen MR) is 136 cm³/mol. The van der Waals surface area contributed by atoms with Crippen LogP contribution in [0.4, 0.5) is 5.69 Å². The molecule has 0 aliphatic carbocycles. The van der Waals surface area contributed by atoms with Crippen LogP contribution in [0.15, 0.2) is 78.0 Å². The Labute approximate surface area is 203 Å². The van der Waals surface area contributed by atoms with E-state index in [0.29, 0.717) is 17.4 Å². The Balaban J connectivity index is 1.57. The summed E-state index contributed by atoms with van der Waals surface area (Å²) >= 11 is 1.28. The molecule has 0 unspecified atom stereocenters. The number of thioether (sulfide) groups is 1. The molecule has 1 atom stereocenters. The van der Waals surface area contributed by atoms with Gasteiger partial charge in [-0.2, -0.15) is 0 Å². The molecule has 0 fully saturated rings. The van der Waals surface area contributed by atoms with Gasteiger partial charge in [0.2, 0.25) is 11.1 Å². The average molecular weight is 474 g/mol. The second-order valence-corrected chi connectivity index (χ2v) is 9.08. The van der Waals surface area contributed by atoms with Crippen LogP contribution in [0.3, 0.4) is 0 Å². The van der Waals surface area contributed by atoms with E-state index >= 15 is 0 Å². The minimum absolute atomic E-state index is 0.149. The van der Waals surface area contributed by atoms with Crippen LogP contribution in [0.2, 0.25) is 0 Å². The molecule has 8 heteroatoms. The molecule has 34 heavy (non-hydrogen) atoms. The number of anilines is 1. The van der Waals surface area contributed by atoms with E-state index in [1.54, 1.807) is 7.11 Å². The average Bonchev–Trinajstić information content (AvgIpc) is 3.19. The summed E-state index contributed by atoms with van der Waals surface area (Å²) in [6, 6.07) is 23.3. The number of carbonyl (C=O) groups is 1. The van der Waals surface area contributed by atoms with E-state index in [1.165, 1.54) is 16.4 Å². The minimum atomic E-state index is -0.554. The fraction of sp³-hybridized carbons (Fsp3) is 0.192. The molecule has 0 bridgehead atoms. The quantitative estimate of drug-likeness (QED) is 0.285. The number of rotatable bonds is 8. The van der Waals surface area contributed by atoms with Gasteiger partial charge in [-0.1, -0.05) is 66.4 Å². The monoisotopic (exact) mass is 473 g/mol. The Morgan fingerprint density at radius 2 is 1.79 bits per heavy atom. The predicted octanol–water partition coefficient (Wildman–Crippen LogP) is 4.68. The number of amides is 1. The van der Waals surface area contributed by atoms with Gasteiger partial charge in [0.15, 0.2) is 5.82 Å². The van der Waals surface area contributed by atoms with Gasteiger partial charge in [-0.05, 0) is 54.3 Å². The Morgan fingerprint density at radius 1 is 1.06 bits per heavy atom. The smallest absolute Gasteiger partial charge is 0.242 e. The highest BCUT2D eigenvalue weighted by atomic mass is 32.2. The van der Waals surface area contributed by atoms with Crippen LogP contribution in [0, 0.1) is 13.8 Å². The van der Waals surface area contributed by atoms with Crippen LogP contribution in [-0.4, -0.2) is 27.9 Å². The highest BCUT2D eigenvalue weighted by molar-refractivity contribution is 8.00. The lowest BCUT2D eigenvalue weighted by Gasteiger charge is -2.17. The number of hydrogen-bond donors (Lipinski definition) is 2. The summed E-state index contributed by atoms with van der Waals surface area (Å²) in [4.78, 5) is 13.4. The van der Waals surface area contributed by atoms with Crippen molar-refractivity contribution < 1.29 is 9.53 Å². The van der Waals surface area contributed by atoms with Gasteiger partial charge in [0.25, 0.3) is 0 Å². The van der Waals surface area contributed by atoms with Crippen LogP contribution < -0.4 is 15.9 Å². The molecule has 0 saturated carbocycles. The fourth-order valence-electron chi connectivity index (χ4n) is 3.51. The first-order chi connectivity index (χ1) is 16.4. The number of methoxy groups -OCH3 is 1. The third kappa shape index (κ3) is 5.40. The van der Waals surface area contributed by atoms with E-state index in [1.807, 2.05) is 86.6 Å². The number of nitrogens with two attached hydrogens (primary N) is 1. The van der Waals surface area contributed by atoms with Crippen molar-refractivity contribution in [1.82, 2.24) is 14.9 Å². The molecule has 0 saturated heterocycles. The van der Waals surface area contributed by atoms with Gasteiger partial charge in [-0.25, -0.2) is 4.68 Å². The number of aryl methyl sites for hydroxylation is 2. The highest BCUT2D eigenvalue weighted by Crippen LogP contribution is 2.35. The summed E-state index contributed by atoms with van der Waals surface area (Å²) in [5.41, 5.74) is 4.76. The molecule has 0 radical (unpaired) electrons. The van der Waals surface area contributed by atoms with Gasteiger partial charge < -0.3 is 15.9 Å². The van der Waals surface area contributed by atoms with Crippen LogP contribution in [0.25, 0.3) is 0 Å². The number of aromatic nitrogens is 3. The number of hydrogen-bond acceptors (Lipinski definition) is 6. The first kappa shape index (κ1) is 23.4. The summed E-state index contributed by atoms with van der Waals surface area (Å²) in [5.74, 6) is 7.59. The summed E-state index contributed by atoms with van der Waals surface area (Å²) in [6.45, 7) is 3.97. The Hall–Kier alpha value is -3.78. The SMILES string of the molecule is COc1ccc(Cc2nnc(S[C@H](C(=O)Nc3cc(C)ccc3C)c3ccccc3)n2N)cc1. The van der Waals surface area contributed by atoms with Gasteiger partial charge in [0.1, 0.15) is 11.0 Å². The van der Waals surface area contributed by atoms with Crippen LogP contribution in [0.5, 0.6) is 5.75 Å². The Bertz CT molecular complexity index is 1270. The molecular formula is C26H27N5O2S. The molecule has 7 nitrogen and oxygen atoms in total. The molecule has 3 N–H and O–H groups in total. The number of carbonyl (C=O) groups excluding carboxylic acids is 1. The summed E-state index contributed by atoms with van der Waals surface area (Å²) in [6.07, 6.45) is 0.513. The summed E-state index contributed by atoms with van der Waals surface area (Å²) in [7, 11) is 1.63. The molecule has 174 valence electrons. The first-order valence-electron chi connectivity index (χ1n) is 10.9. The van der Waals surface area contributed by atoms with Crippen molar-refractivity contribution in [3.05, 3.63) is 101 Å².